The van der Waals surface area contributed by atoms with Crippen molar-refractivity contribution in [1.29, 1.82) is 0 Å². The topological polar surface area (TPSA) is 46.9 Å². The van der Waals surface area contributed by atoms with Crippen molar-refractivity contribution in [2.24, 2.45) is 7.05 Å². The highest BCUT2D eigenvalue weighted by Gasteiger charge is 2.83. The molecule has 0 unspecified atom stereocenters. The highest BCUT2D eigenvalue weighted by atomic mass is 19.3. The van der Waals surface area contributed by atoms with Crippen LogP contribution < -0.4 is 5.32 Å². The lowest BCUT2D eigenvalue weighted by Crippen LogP contribution is -2.76. The predicted octanol–water partition coefficient (Wildman–Crippen LogP) is 4.36. The number of hydrogen-bond donors (Lipinski definition) is 1. The number of alkyl halides is 4. The van der Waals surface area contributed by atoms with Gasteiger partial charge in [0.05, 0.1) is 17.8 Å². The number of nitrogens with zero attached hydrogens (tertiary/aromatic N) is 2. The Morgan fingerprint density at radius 3 is 2.29 bits per heavy atom. The smallest absolute Gasteiger partial charge is 0.338 e. The molecule has 1 heterocycles. The zero-order valence-electron chi connectivity index (χ0n) is 15.6. The van der Waals surface area contributed by atoms with Crippen molar-refractivity contribution in [2.45, 2.75) is 55.9 Å². The molecular formula is C20H21F4N3O. The molecule has 4 nitrogen and oxygen atoms in total. The maximum Gasteiger partial charge on any atom is 0.338 e. The average Bonchev–Trinajstić information content (AvgIpc) is 2.90. The number of aromatic nitrogens is 2. The molecule has 2 aliphatic carbocycles. The number of amides is 1. The third-order valence-corrected chi connectivity index (χ3v) is 5.92. The monoisotopic (exact) mass is 395 g/mol. The van der Waals surface area contributed by atoms with E-state index in [1.54, 1.807) is 0 Å². The summed E-state index contributed by atoms with van der Waals surface area (Å²) in [6.45, 7) is 1.06. The first-order chi connectivity index (χ1) is 13.1. The van der Waals surface area contributed by atoms with Gasteiger partial charge < -0.3 is 5.32 Å². The standard InChI is InChI=1S/C20H21F4N3O/c1-12(28)25-18(11-19(21,22)20(18,23)24)17-15(13-9-6-10-13)16(26-27(17)2)14-7-4-3-5-8-14/h3-5,7-8,13H,6,9-11H2,1-2H3,(H,25,28)/t18-/m0/s1. The van der Waals surface area contributed by atoms with Gasteiger partial charge in [0, 0.05) is 25.1 Å². The third kappa shape index (κ3) is 2.42. The van der Waals surface area contributed by atoms with Crippen molar-refractivity contribution in [3.63, 3.8) is 0 Å². The minimum absolute atomic E-state index is 0.0119. The molecule has 0 aliphatic heterocycles. The Balaban J connectivity index is 1.96. The number of carbonyl (C=O) groups is 1. The molecule has 0 saturated heterocycles. The summed E-state index contributed by atoms with van der Waals surface area (Å²) in [6.07, 6.45) is 1.33. The zero-order chi connectivity index (χ0) is 20.3. The third-order valence-electron chi connectivity index (χ3n) is 5.92. The normalized spacial score (nSPS) is 25.6. The molecule has 0 spiro atoms. The van der Waals surface area contributed by atoms with Crippen molar-refractivity contribution >= 4 is 5.91 Å². The maximum atomic E-state index is 14.8. The Kier molecular flexibility index (Phi) is 4.10. The predicted molar refractivity (Wildman–Crippen MR) is 95.2 cm³/mol. The van der Waals surface area contributed by atoms with E-state index in [2.05, 4.69) is 10.4 Å². The van der Waals surface area contributed by atoms with E-state index in [-0.39, 0.29) is 11.6 Å². The molecule has 1 aromatic carbocycles. The fraction of sp³-hybridized carbons (Fsp3) is 0.500. The second kappa shape index (κ2) is 6.06. The zero-order valence-corrected chi connectivity index (χ0v) is 15.6. The molecular weight excluding hydrogens is 374 g/mol. The second-order valence-corrected chi connectivity index (χ2v) is 7.77. The van der Waals surface area contributed by atoms with Crippen LogP contribution in [-0.4, -0.2) is 27.5 Å². The summed E-state index contributed by atoms with van der Waals surface area (Å²) >= 11 is 0. The summed E-state index contributed by atoms with van der Waals surface area (Å²) in [7, 11) is 1.47. The van der Waals surface area contributed by atoms with E-state index >= 15 is 0 Å². The number of nitrogens with one attached hydrogen (secondary N) is 1. The van der Waals surface area contributed by atoms with Crippen molar-refractivity contribution in [2.75, 3.05) is 0 Å². The molecule has 1 atom stereocenters. The van der Waals surface area contributed by atoms with Gasteiger partial charge in [0.25, 0.3) is 0 Å². The average molecular weight is 395 g/mol. The number of halogens is 4. The summed E-state index contributed by atoms with van der Waals surface area (Å²) < 4.78 is 58.7. The van der Waals surface area contributed by atoms with Gasteiger partial charge in [-0.3, -0.25) is 9.48 Å². The van der Waals surface area contributed by atoms with E-state index in [9.17, 15) is 22.4 Å². The van der Waals surface area contributed by atoms with E-state index in [4.69, 9.17) is 0 Å². The Morgan fingerprint density at radius 2 is 1.82 bits per heavy atom. The lowest BCUT2D eigenvalue weighted by Gasteiger charge is -2.54. The van der Waals surface area contributed by atoms with Crippen LogP contribution in [0.15, 0.2) is 30.3 Å². The van der Waals surface area contributed by atoms with Gasteiger partial charge in [0.15, 0.2) is 5.54 Å². The number of aryl methyl sites for hydroxylation is 1. The summed E-state index contributed by atoms with van der Waals surface area (Å²) in [6, 6.07) is 9.07. The van der Waals surface area contributed by atoms with E-state index in [1.807, 2.05) is 30.3 Å². The first-order valence-electron chi connectivity index (χ1n) is 9.28. The van der Waals surface area contributed by atoms with Crippen molar-refractivity contribution < 1.29 is 22.4 Å². The van der Waals surface area contributed by atoms with Crippen molar-refractivity contribution in [3.05, 3.63) is 41.6 Å². The SMILES string of the molecule is CC(=O)N[C@]1(c2c(C3CCC3)c(-c3ccccc3)nn2C)CC(F)(F)C1(F)F. The van der Waals surface area contributed by atoms with Gasteiger partial charge in [-0.15, -0.1) is 0 Å². The summed E-state index contributed by atoms with van der Waals surface area (Å²) in [5.74, 6) is -9.43. The van der Waals surface area contributed by atoms with Crippen LogP contribution in [0.2, 0.25) is 0 Å². The van der Waals surface area contributed by atoms with Gasteiger partial charge in [-0.05, 0) is 18.8 Å². The van der Waals surface area contributed by atoms with Gasteiger partial charge >= 0.3 is 11.8 Å². The molecule has 2 aliphatic rings. The van der Waals surface area contributed by atoms with Gasteiger partial charge in [-0.25, -0.2) is 0 Å². The molecule has 8 heteroatoms. The minimum Gasteiger partial charge on any atom is -0.339 e. The lowest BCUT2D eigenvalue weighted by molar-refractivity contribution is -0.335. The van der Waals surface area contributed by atoms with Crippen LogP contribution in [0.4, 0.5) is 17.6 Å². The maximum absolute atomic E-state index is 14.8. The number of benzene rings is 1. The Morgan fingerprint density at radius 1 is 1.18 bits per heavy atom. The summed E-state index contributed by atoms with van der Waals surface area (Å²) in [5, 5.41) is 6.61. The van der Waals surface area contributed by atoms with E-state index < -0.39 is 29.7 Å². The highest BCUT2D eigenvalue weighted by Crippen LogP contribution is 2.64. The lowest BCUT2D eigenvalue weighted by atomic mass is 9.63. The van der Waals surface area contributed by atoms with Gasteiger partial charge in [-0.1, -0.05) is 36.8 Å². The van der Waals surface area contributed by atoms with Crippen LogP contribution in [-0.2, 0) is 17.4 Å². The first-order valence-corrected chi connectivity index (χ1v) is 9.28. The molecule has 2 aromatic rings. The van der Waals surface area contributed by atoms with Crippen LogP contribution in [0, 0.1) is 0 Å². The molecule has 4 rings (SSSR count). The van der Waals surface area contributed by atoms with E-state index in [1.165, 1.54) is 11.7 Å². The number of hydrogen-bond acceptors (Lipinski definition) is 2. The molecule has 2 fully saturated rings. The highest BCUT2D eigenvalue weighted by molar-refractivity contribution is 5.76. The van der Waals surface area contributed by atoms with Gasteiger partial charge in [-0.2, -0.15) is 22.7 Å². The van der Waals surface area contributed by atoms with Gasteiger partial charge in [0.2, 0.25) is 5.91 Å². The Hall–Kier alpha value is -2.38. The molecule has 1 amide bonds. The van der Waals surface area contributed by atoms with Crippen LogP contribution in [0.25, 0.3) is 11.3 Å². The molecule has 1 aromatic heterocycles. The fourth-order valence-corrected chi connectivity index (χ4v) is 4.41. The van der Waals surface area contributed by atoms with Crippen LogP contribution in [0.1, 0.15) is 49.8 Å². The molecule has 2 saturated carbocycles. The quantitative estimate of drug-likeness (QED) is 0.782. The van der Waals surface area contributed by atoms with Crippen LogP contribution >= 0.6 is 0 Å². The molecule has 0 bridgehead atoms. The van der Waals surface area contributed by atoms with E-state index in [0.29, 0.717) is 11.3 Å². The van der Waals surface area contributed by atoms with Gasteiger partial charge in [0.1, 0.15) is 0 Å². The minimum atomic E-state index is -4.41. The fourth-order valence-electron chi connectivity index (χ4n) is 4.41. The van der Waals surface area contributed by atoms with E-state index in [0.717, 1.165) is 31.7 Å². The largest absolute Gasteiger partial charge is 0.339 e. The summed E-state index contributed by atoms with van der Waals surface area (Å²) in [5.41, 5.74) is -0.689. The number of rotatable bonds is 4. The summed E-state index contributed by atoms with van der Waals surface area (Å²) in [4.78, 5) is 11.8. The van der Waals surface area contributed by atoms with Crippen molar-refractivity contribution in [1.82, 2.24) is 15.1 Å². The Labute approximate surface area is 159 Å². The molecule has 1 N–H and O–H groups in total. The first kappa shape index (κ1) is 19.0. The van der Waals surface area contributed by atoms with Crippen molar-refractivity contribution in [3.8, 4) is 11.3 Å². The Bertz CT molecular complexity index is 921. The molecule has 150 valence electrons. The number of carbonyl (C=O) groups excluding carboxylic acids is 1. The second-order valence-electron chi connectivity index (χ2n) is 7.77. The molecule has 0 radical (unpaired) electrons. The van der Waals surface area contributed by atoms with Crippen LogP contribution in [0.5, 0.6) is 0 Å². The molecule has 28 heavy (non-hydrogen) atoms. The van der Waals surface area contributed by atoms with Crippen LogP contribution in [0.3, 0.4) is 0 Å².